The number of furan rings is 1. The number of carbonyl (C=O) groups is 1. The van der Waals surface area contributed by atoms with Crippen LogP contribution in [0, 0.1) is 0 Å². The molecule has 1 atom stereocenters. The summed E-state index contributed by atoms with van der Waals surface area (Å²) in [5, 5.41) is 17.8. The zero-order valence-electron chi connectivity index (χ0n) is 12.0. The molecule has 1 fully saturated rings. The van der Waals surface area contributed by atoms with Crippen LogP contribution in [0.15, 0.2) is 28.0 Å². The van der Waals surface area contributed by atoms with Crippen LogP contribution in [0.25, 0.3) is 11.6 Å². The fourth-order valence-corrected chi connectivity index (χ4v) is 3.24. The predicted molar refractivity (Wildman–Crippen MR) is 79.7 cm³/mol. The Hall–Kier alpha value is -1.80. The first-order valence-electron chi connectivity index (χ1n) is 7.17. The lowest BCUT2D eigenvalue weighted by molar-refractivity contribution is -0.136. The summed E-state index contributed by atoms with van der Waals surface area (Å²) < 4.78 is 13.1. The van der Waals surface area contributed by atoms with Crippen LogP contribution in [-0.2, 0) is 16.1 Å². The van der Waals surface area contributed by atoms with Crippen molar-refractivity contribution in [1.29, 1.82) is 0 Å². The number of nitrogens with zero attached hydrogens (tertiary/aromatic N) is 3. The molecule has 0 aromatic carbocycles. The molecule has 2 aromatic rings. The van der Waals surface area contributed by atoms with E-state index < -0.39 is 5.97 Å². The minimum absolute atomic E-state index is 0.0908. The number of thioether (sulfide) groups is 1. The van der Waals surface area contributed by atoms with Gasteiger partial charge in [0.2, 0.25) is 5.82 Å². The summed E-state index contributed by atoms with van der Waals surface area (Å²) in [5.74, 6) is 0.940. The molecule has 0 aliphatic carbocycles. The van der Waals surface area contributed by atoms with E-state index in [0.717, 1.165) is 19.4 Å². The van der Waals surface area contributed by atoms with Gasteiger partial charge in [-0.05, 0) is 25.0 Å². The van der Waals surface area contributed by atoms with Gasteiger partial charge in [0.25, 0.3) is 0 Å². The maximum atomic E-state index is 10.7. The normalized spacial score (nSPS) is 17.9. The topological polar surface area (TPSA) is 90.4 Å². The molecule has 0 radical (unpaired) electrons. The SMILES string of the molecule is O=C(O)CCSc1nnc(-c2ccco2)n1CC1CCCO1. The van der Waals surface area contributed by atoms with Crippen molar-refractivity contribution < 1.29 is 19.1 Å². The van der Waals surface area contributed by atoms with E-state index >= 15 is 0 Å². The van der Waals surface area contributed by atoms with Gasteiger partial charge >= 0.3 is 5.97 Å². The fraction of sp³-hybridized carbons (Fsp3) is 0.500. The Kier molecular flexibility index (Phi) is 4.79. The molecule has 2 aromatic heterocycles. The van der Waals surface area contributed by atoms with Crippen LogP contribution < -0.4 is 0 Å². The molecule has 0 saturated carbocycles. The Bertz CT molecular complexity index is 620. The molecule has 1 N–H and O–H groups in total. The van der Waals surface area contributed by atoms with E-state index in [0.29, 0.717) is 29.0 Å². The van der Waals surface area contributed by atoms with Crippen LogP contribution in [0.4, 0.5) is 0 Å². The monoisotopic (exact) mass is 323 g/mol. The summed E-state index contributed by atoms with van der Waals surface area (Å²) in [5.41, 5.74) is 0. The van der Waals surface area contributed by atoms with Crippen molar-refractivity contribution in [3.05, 3.63) is 18.4 Å². The van der Waals surface area contributed by atoms with Gasteiger partial charge in [0.1, 0.15) is 0 Å². The molecule has 0 spiro atoms. The van der Waals surface area contributed by atoms with E-state index in [4.69, 9.17) is 14.3 Å². The summed E-state index contributed by atoms with van der Waals surface area (Å²) >= 11 is 1.39. The third kappa shape index (κ3) is 3.50. The number of aromatic nitrogens is 3. The summed E-state index contributed by atoms with van der Waals surface area (Å²) in [6.07, 6.45) is 3.90. The highest BCUT2D eigenvalue weighted by molar-refractivity contribution is 7.99. The molecule has 3 heterocycles. The lowest BCUT2D eigenvalue weighted by Gasteiger charge is -2.13. The fourth-order valence-electron chi connectivity index (χ4n) is 2.37. The van der Waals surface area contributed by atoms with Crippen LogP contribution in [-0.4, -0.2) is 44.3 Å². The summed E-state index contributed by atoms with van der Waals surface area (Å²) in [4.78, 5) is 10.7. The number of hydrogen-bond donors (Lipinski definition) is 1. The first-order valence-corrected chi connectivity index (χ1v) is 8.16. The molecular weight excluding hydrogens is 306 g/mol. The van der Waals surface area contributed by atoms with Gasteiger partial charge in [0.05, 0.1) is 25.3 Å². The van der Waals surface area contributed by atoms with Crippen molar-refractivity contribution in [2.75, 3.05) is 12.4 Å². The number of carboxylic acids is 1. The van der Waals surface area contributed by atoms with Gasteiger partial charge in [-0.1, -0.05) is 11.8 Å². The minimum Gasteiger partial charge on any atom is -0.481 e. The largest absolute Gasteiger partial charge is 0.481 e. The van der Waals surface area contributed by atoms with Gasteiger partial charge in [-0.15, -0.1) is 10.2 Å². The van der Waals surface area contributed by atoms with Crippen molar-refractivity contribution in [2.45, 2.75) is 37.1 Å². The Labute approximate surface area is 131 Å². The highest BCUT2D eigenvalue weighted by Crippen LogP contribution is 2.27. The van der Waals surface area contributed by atoms with E-state index in [1.807, 2.05) is 10.6 Å². The van der Waals surface area contributed by atoms with Crippen LogP contribution in [0.5, 0.6) is 0 Å². The van der Waals surface area contributed by atoms with Crippen molar-refractivity contribution in [3.63, 3.8) is 0 Å². The van der Waals surface area contributed by atoms with Crippen LogP contribution in [0.3, 0.4) is 0 Å². The summed E-state index contributed by atoms with van der Waals surface area (Å²) in [6.45, 7) is 1.43. The summed E-state index contributed by atoms with van der Waals surface area (Å²) in [6, 6.07) is 3.64. The molecule has 1 unspecified atom stereocenters. The van der Waals surface area contributed by atoms with E-state index in [-0.39, 0.29) is 12.5 Å². The van der Waals surface area contributed by atoms with Crippen LogP contribution in [0.2, 0.25) is 0 Å². The van der Waals surface area contributed by atoms with E-state index in [2.05, 4.69) is 10.2 Å². The van der Waals surface area contributed by atoms with Crippen molar-refractivity contribution in [1.82, 2.24) is 14.8 Å². The number of rotatable bonds is 7. The second kappa shape index (κ2) is 6.97. The van der Waals surface area contributed by atoms with Gasteiger partial charge in [0.15, 0.2) is 10.9 Å². The average Bonchev–Trinajstić information content (AvgIpc) is 3.21. The van der Waals surface area contributed by atoms with E-state index in [1.54, 1.807) is 12.3 Å². The zero-order chi connectivity index (χ0) is 15.4. The van der Waals surface area contributed by atoms with Gasteiger partial charge < -0.3 is 14.3 Å². The van der Waals surface area contributed by atoms with Crippen molar-refractivity contribution >= 4 is 17.7 Å². The first kappa shape index (κ1) is 15.1. The molecule has 3 rings (SSSR count). The van der Waals surface area contributed by atoms with Crippen molar-refractivity contribution in [2.24, 2.45) is 0 Å². The highest BCUT2D eigenvalue weighted by atomic mass is 32.2. The first-order chi connectivity index (χ1) is 10.7. The molecule has 0 amide bonds. The maximum absolute atomic E-state index is 10.7. The third-order valence-corrected chi connectivity index (χ3v) is 4.38. The van der Waals surface area contributed by atoms with Gasteiger partial charge in [-0.25, -0.2) is 0 Å². The quantitative estimate of drug-likeness (QED) is 0.782. The Morgan fingerprint density at radius 3 is 3.09 bits per heavy atom. The Morgan fingerprint density at radius 1 is 1.50 bits per heavy atom. The van der Waals surface area contributed by atoms with E-state index in [9.17, 15) is 4.79 Å². The molecule has 0 bridgehead atoms. The molecular formula is C14H17N3O4S. The molecule has 22 heavy (non-hydrogen) atoms. The molecule has 8 heteroatoms. The van der Waals surface area contributed by atoms with E-state index in [1.165, 1.54) is 11.8 Å². The number of hydrogen-bond acceptors (Lipinski definition) is 6. The van der Waals surface area contributed by atoms with Gasteiger partial charge in [-0.2, -0.15) is 0 Å². The van der Waals surface area contributed by atoms with Crippen LogP contribution in [0.1, 0.15) is 19.3 Å². The number of carboxylic acid groups (broad SMARTS) is 1. The lowest BCUT2D eigenvalue weighted by atomic mass is 10.2. The van der Waals surface area contributed by atoms with Gasteiger partial charge in [-0.3, -0.25) is 9.36 Å². The zero-order valence-corrected chi connectivity index (χ0v) is 12.8. The number of aliphatic carboxylic acids is 1. The Balaban J connectivity index is 1.80. The smallest absolute Gasteiger partial charge is 0.304 e. The second-order valence-electron chi connectivity index (χ2n) is 5.02. The molecule has 1 aliphatic rings. The number of ether oxygens (including phenoxy) is 1. The summed E-state index contributed by atoms with van der Waals surface area (Å²) in [7, 11) is 0. The Morgan fingerprint density at radius 2 is 2.41 bits per heavy atom. The third-order valence-electron chi connectivity index (χ3n) is 3.42. The lowest BCUT2D eigenvalue weighted by Crippen LogP contribution is -2.16. The second-order valence-corrected chi connectivity index (χ2v) is 6.08. The van der Waals surface area contributed by atoms with Crippen LogP contribution >= 0.6 is 11.8 Å². The average molecular weight is 323 g/mol. The highest BCUT2D eigenvalue weighted by Gasteiger charge is 2.22. The standard InChI is InChI=1S/C14H17N3O4S/c18-12(19)5-8-22-14-16-15-13(11-4-2-7-21-11)17(14)9-10-3-1-6-20-10/h2,4,7,10H,1,3,5-6,8-9H2,(H,18,19). The van der Waals surface area contributed by atoms with Gasteiger partial charge in [0, 0.05) is 12.4 Å². The predicted octanol–water partition coefficient (Wildman–Crippen LogP) is 2.28. The minimum atomic E-state index is -0.816. The molecule has 1 aliphatic heterocycles. The molecule has 118 valence electrons. The molecule has 1 saturated heterocycles. The van der Waals surface area contributed by atoms with Crippen molar-refractivity contribution in [3.8, 4) is 11.6 Å². The molecule has 7 nitrogen and oxygen atoms in total. The maximum Gasteiger partial charge on any atom is 0.304 e.